The van der Waals surface area contributed by atoms with Gasteiger partial charge in [-0.1, -0.05) is 0 Å². The number of fused-ring (bicyclic) bond motifs is 1. The van der Waals surface area contributed by atoms with Crippen LogP contribution in [-0.2, 0) is 7.05 Å². The topological polar surface area (TPSA) is 47.8 Å². The van der Waals surface area contributed by atoms with Gasteiger partial charge in [-0.2, -0.15) is 4.39 Å². The Morgan fingerprint density at radius 3 is 3.00 bits per heavy atom. The predicted molar refractivity (Wildman–Crippen MR) is 44.7 cm³/mol. The first kappa shape index (κ1) is 7.85. The maximum Gasteiger partial charge on any atom is 0.261 e. The van der Waals surface area contributed by atoms with Crippen LogP contribution in [0.4, 0.5) is 4.39 Å². The Morgan fingerprint density at radius 1 is 1.46 bits per heavy atom. The van der Waals surface area contributed by atoms with Crippen LogP contribution >= 0.6 is 0 Å². The van der Waals surface area contributed by atoms with Crippen LogP contribution in [0.5, 0.6) is 0 Å². The molecule has 0 aliphatic heterocycles. The van der Waals surface area contributed by atoms with Gasteiger partial charge in [-0.25, -0.2) is 9.97 Å². The molecule has 0 aliphatic carbocycles. The average Bonchev–Trinajstić information content (AvgIpc) is 2.12. The van der Waals surface area contributed by atoms with Crippen LogP contribution in [0.3, 0.4) is 0 Å². The van der Waals surface area contributed by atoms with Crippen LogP contribution < -0.4 is 5.56 Å². The molecule has 0 atom stereocenters. The quantitative estimate of drug-likeness (QED) is 0.552. The first-order chi connectivity index (χ1) is 6.18. The van der Waals surface area contributed by atoms with Crippen molar-refractivity contribution >= 4 is 10.9 Å². The summed E-state index contributed by atoms with van der Waals surface area (Å²) < 4.78 is 14.0. The van der Waals surface area contributed by atoms with Gasteiger partial charge < -0.3 is 4.57 Å². The summed E-state index contributed by atoms with van der Waals surface area (Å²) in [4.78, 5) is 18.7. The zero-order valence-electron chi connectivity index (χ0n) is 6.86. The lowest BCUT2D eigenvalue weighted by Crippen LogP contribution is -2.17. The molecular formula is C8H6FN3O. The van der Waals surface area contributed by atoms with Crippen molar-refractivity contribution in [3.63, 3.8) is 0 Å². The molecule has 0 aromatic carbocycles. The third-order valence-corrected chi connectivity index (χ3v) is 1.77. The molecule has 0 radical (unpaired) electrons. The fraction of sp³-hybridized carbons (Fsp3) is 0.125. The Labute approximate surface area is 72.7 Å². The number of hydrogen-bond donors (Lipinski definition) is 0. The van der Waals surface area contributed by atoms with Gasteiger partial charge in [-0.3, -0.25) is 4.79 Å². The summed E-state index contributed by atoms with van der Waals surface area (Å²) in [5.74, 6) is -0.669. The smallest absolute Gasteiger partial charge is 0.261 e. The molecule has 0 fully saturated rings. The van der Waals surface area contributed by atoms with E-state index in [2.05, 4.69) is 9.97 Å². The lowest BCUT2D eigenvalue weighted by molar-refractivity contribution is 0.585. The first-order valence-electron chi connectivity index (χ1n) is 3.65. The third-order valence-electron chi connectivity index (χ3n) is 1.77. The Hall–Kier alpha value is -1.78. The van der Waals surface area contributed by atoms with E-state index in [1.165, 1.54) is 17.1 Å². The highest BCUT2D eigenvalue weighted by atomic mass is 19.1. The molecule has 4 nitrogen and oxygen atoms in total. The van der Waals surface area contributed by atoms with Crippen molar-refractivity contribution in [2.75, 3.05) is 0 Å². The van der Waals surface area contributed by atoms with E-state index < -0.39 is 5.95 Å². The molecule has 2 aromatic rings. The number of aromatic nitrogens is 3. The van der Waals surface area contributed by atoms with E-state index in [1.54, 1.807) is 7.05 Å². The maximum atomic E-state index is 12.7. The molecule has 0 aliphatic rings. The highest BCUT2D eigenvalue weighted by molar-refractivity contribution is 5.75. The maximum absolute atomic E-state index is 12.7. The van der Waals surface area contributed by atoms with Crippen molar-refractivity contribution in [3.8, 4) is 0 Å². The van der Waals surface area contributed by atoms with Gasteiger partial charge in [0.1, 0.15) is 0 Å². The number of nitrogens with zero attached hydrogens (tertiary/aromatic N) is 3. The van der Waals surface area contributed by atoms with Crippen molar-refractivity contribution < 1.29 is 4.39 Å². The zero-order chi connectivity index (χ0) is 9.42. The van der Waals surface area contributed by atoms with Gasteiger partial charge in [-0.05, 0) is 0 Å². The molecule has 2 aromatic heterocycles. The molecule has 2 heterocycles. The zero-order valence-corrected chi connectivity index (χ0v) is 6.86. The van der Waals surface area contributed by atoms with Gasteiger partial charge in [0, 0.05) is 13.1 Å². The number of halogens is 1. The minimum absolute atomic E-state index is 0.248. The minimum atomic E-state index is -0.669. The Kier molecular flexibility index (Phi) is 1.58. The normalized spacial score (nSPS) is 10.6. The van der Waals surface area contributed by atoms with E-state index in [0.29, 0.717) is 5.52 Å². The fourth-order valence-electron chi connectivity index (χ4n) is 1.09. The van der Waals surface area contributed by atoms with E-state index in [0.717, 1.165) is 6.07 Å². The standard InChI is InChI=1S/C8H6FN3O/c1-12-4-11-6-3-10-7(9)2-5(6)8(12)13/h2-4H,1H3. The summed E-state index contributed by atoms with van der Waals surface area (Å²) in [5, 5.41) is 0.248. The molecule has 0 saturated carbocycles. The monoisotopic (exact) mass is 179 g/mol. The van der Waals surface area contributed by atoms with Crippen molar-refractivity contribution in [1.29, 1.82) is 0 Å². The van der Waals surface area contributed by atoms with Gasteiger partial charge >= 0.3 is 0 Å². The summed E-state index contributed by atoms with van der Waals surface area (Å²) in [6, 6.07) is 1.09. The van der Waals surface area contributed by atoms with Crippen LogP contribution in [0, 0.1) is 5.95 Å². The molecule has 0 bridgehead atoms. The highest BCUT2D eigenvalue weighted by Crippen LogP contribution is 2.04. The number of hydrogen-bond acceptors (Lipinski definition) is 3. The van der Waals surface area contributed by atoms with Gasteiger partial charge in [0.05, 0.1) is 23.4 Å². The second-order valence-electron chi connectivity index (χ2n) is 2.68. The third kappa shape index (κ3) is 1.18. The summed E-state index contributed by atoms with van der Waals surface area (Å²) in [6.45, 7) is 0. The molecule has 2 rings (SSSR count). The van der Waals surface area contributed by atoms with Gasteiger partial charge in [0.2, 0.25) is 5.95 Å². The molecule has 5 heteroatoms. The van der Waals surface area contributed by atoms with Crippen molar-refractivity contribution in [2.45, 2.75) is 0 Å². The Bertz CT molecular complexity index is 515. The van der Waals surface area contributed by atoms with Crippen LogP contribution in [0.1, 0.15) is 0 Å². The van der Waals surface area contributed by atoms with E-state index >= 15 is 0 Å². The summed E-state index contributed by atoms with van der Waals surface area (Å²) >= 11 is 0. The SMILES string of the molecule is Cn1cnc2cnc(F)cc2c1=O. The van der Waals surface area contributed by atoms with E-state index in [9.17, 15) is 9.18 Å². The largest absolute Gasteiger partial charge is 0.302 e. The highest BCUT2D eigenvalue weighted by Gasteiger charge is 2.02. The fourth-order valence-corrected chi connectivity index (χ4v) is 1.09. The van der Waals surface area contributed by atoms with Gasteiger partial charge in [-0.15, -0.1) is 0 Å². The van der Waals surface area contributed by atoms with Crippen LogP contribution in [0.2, 0.25) is 0 Å². The van der Waals surface area contributed by atoms with Crippen LogP contribution in [-0.4, -0.2) is 14.5 Å². The van der Waals surface area contributed by atoms with Gasteiger partial charge in [0.15, 0.2) is 0 Å². The second kappa shape index (κ2) is 2.62. The Balaban J connectivity index is 2.97. The molecule has 66 valence electrons. The second-order valence-corrected chi connectivity index (χ2v) is 2.68. The van der Waals surface area contributed by atoms with Crippen LogP contribution in [0.15, 0.2) is 23.4 Å². The lowest BCUT2D eigenvalue weighted by atomic mass is 10.3. The van der Waals surface area contributed by atoms with Gasteiger partial charge in [0.25, 0.3) is 5.56 Å². The molecule has 0 saturated heterocycles. The number of rotatable bonds is 0. The summed E-state index contributed by atoms with van der Waals surface area (Å²) in [6.07, 6.45) is 2.62. The molecule has 13 heavy (non-hydrogen) atoms. The average molecular weight is 179 g/mol. The van der Waals surface area contributed by atoms with E-state index in [-0.39, 0.29) is 10.9 Å². The van der Waals surface area contributed by atoms with Crippen molar-refractivity contribution in [1.82, 2.24) is 14.5 Å². The predicted octanol–water partition coefficient (Wildman–Crippen LogP) is 0.468. The first-order valence-corrected chi connectivity index (χ1v) is 3.65. The Morgan fingerprint density at radius 2 is 2.23 bits per heavy atom. The molecule has 0 unspecified atom stereocenters. The molecule has 0 N–H and O–H groups in total. The van der Waals surface area contributed by atoms with E-state index in [1.807, 2.05) is 0 Å². The molecular weight excluding hydrogens is 173 g/mol. The van der Waals surface area contributed by atoms with E-state index in [4.69, 9.17) is 0 Å². The molecule has 0 amide bonds. The van der Waals surface area contributed by atoms with Crippen molar-refractivity contribution in [3.05, 3.63) is 34.9 Å². The molecule has 0 spiro atoms. The summed E-state index contributed by atoms with van der Waals surface area (Å²) in [7, 11) is 1.56. The number of aryl methyl sites for hydroxylation is 1. The van der Waals surface area contributed by atoms with Crippen molar-refractivity contribution in [2.24, 2.45) is 7.05 Å². The summed E-state index contributed by atoms with van der Waals surface area (Å²) in [5.41, 5.74) is 0.135. The minimum Gasteiger partial charge on any atom is -0.302 e. The van der Waals surface area contributed by atoms with Crippen LogP contribution in [0.25, 0.3) is 10.9 Å². The number of pyridine rings is 1. The lowest BCUT2D eigenvalue weighted by Gasteiger charge is -1.98.